The van der Waals surface area contributed by atoms with E-state index in [0.29, 0.717) is 31.5 Å². The molecular weight excluding hydrogens is 386 g/mol. The average Bonchev–Trinajstić information content (AvgIpc) is 3.36. The van der Waals surface area contributed by atoms with Crippen molar-refractivity contribution in [2.75, 3.05) is 50.0 Å². The van der Waals surface area contributed by atoms with Crippen LogP contribution in [0.4, 0.5) is 5.13 Å². The van der Waals surface area contributed by atoms with Crippen LogP contribution < -0.4 is 10.2 Å². The number of amides is 2. The second-order valence-corrected chi connectivity index (χ2v) is 8.87. The number of piperazine rings is 1. The van der Waals surface area contributed by atoms with Gasteiger partial charge < -0.3 is 19.9 Å². The summed E-state index contributed by atoms with van der Waals surface area (Å²) in [6, 6.07) is 0.352. The Hall–Kier alpha value is -1.39. The van der Waals surface area contributed by atoms with Crippen LogP contribution in [-0.4, -0.2) is 78.1 Å². The smallest absolute Gasteiger partial charge is 0.248 e. The van der Waals surface area contributed by atoms with Crippen molar-refractivity contribution >= 4 is 40.0 Å². The summed E-state index contributed by atoms with van der Waals surface area (Å²) in [5.41, 5.74) is 0. The third kappa shape index (κ3) is 6.05. The van der Waals surface area contributed by atoms with Crippen molar-refractivity contribution in [2.45, 2.75) is 43.0 Å². The number of thioether (sulfide) groups is 1. The zero-order chi connectivity index (χ0) is 19.1. The fourth-order valence-electron chi connectivity index (χ4n) is 3.28. The average molecular weight is 414 g/mol. The Labute approximate surface area is 168 Å². The molecule has 2 amide bonds. The Kier molecular flexibility index (Phi) is 7.71. The van der Waals surface area contributed by atoms with Gasteiger partial charge in [0.15, 0.2) is 4.34 Å². The number of carbonyl (C=O) groups is 2. The highest BCUT2D eigenvalue weighted by molar-refractivity contribution is 8.01. The molecule has 1 N–H and O–H groups in total. The van der Waals surface area contributed by atoms with Crippen LogP contribution in [0.2, 0.25) is 0 Å². The maximum atomic E-state index is 12.0. The molecule has 0 spiro atoms. The fourth-order valence-corrected chi connectivity index (χ4v) is 4.99. The third-order valence-corrected chi connectivity index (χ3v) is 6.89. The van der Waals surface area contributed by atoms with Gasteiger partial charge in [0.2, 0.25) is 16.9 Å². The first kappa shape index (κ1) is 20.3. The van der Waals surface area contributed by atoms with Crippen LogP contribution in [0.1, 0.15) is 32.6 Å². The van der Waals surface area contributed by atoms with Crippen LogP contribution in [0.3, 0.4) is 0 Å². The summed E-state index contributed by atoms with van der Waals surface area (Å²) in [4.78, 5) is 28.0. The minimum atomic E-state index is 0.0401. The van der Waals surface area contributed by atoms with Crippen LogP contribution in [0.25, 0.3) is 0 Å². The molecule has 1 aromatic rings. The van der Waals surface area contributed by atoms with E-state index in [0.717, 1.165) is 35.4 Å². The molecule has 0 unspecified atom stereocenters. The molecule has 0 aromatic carbocycles. The van der Waals surface area contributed by atoms with Gasteiger partial charge in [0.1, 0.15) is 6.61 Å². The van der Waals surface area contributed by atoms with E-state index in [1.54, 1.807) is 0 Å². The van der Waals surface area contributed by atoms with Crippen molar-refractivity contribution in [3.63, 3.8) is 0 Å². The third-order valence-electron chi connectivity index (χ3n) is 4.78. The molecule has 1 aromatic heterocycles. The molecule has 1 saturated carbocycles. The van der Waals surface area contributed by atoms with Gasteiger partial charge in [0.05, 0.1) is 5.75 Å². The van der Waals surface area contributed by atoms with Crippen molar-refractivity contribution in [3.05, 3.63) is 0 Å². The molecule has 2 aliphatic rings. The summed E-state index contributed by atoms with van der Waals surface area (Å²) in [6.45, 7) is 5.39. The lowest BCUT2D eigenvalue weighted by Gasteiger charge is -2.34. The van der Waals surface area contributed by atoms with Crippen molar-refractivity contribution in [1.29, 1.82) is 0 Å². The number of anilines is 1. The first-order valence-corrected chi connectivity index (χ1v) is 11.3. The Balaban J connectivity index is 1.40. The molecule has 1 aliphatic heterocycles. The molecule has 0 bridgehead atoms. The number of nitrogens with zero attached hydrogens (tertiary/aromatic N) is 4. The van der Waals surface area contributed by atoms with Crippen LogP contribution in [-0.2, 0) is 14.3 Å². The van der Waals surface area contributed by atoms with Crippen molar-refractivity contribution in [1.82, 2.24) is 20.4 Å². The lowest BCUT2D eigenvalue weighted by atomic mass is 10.2. The Morgan fingerprint density at radius 3 is 2.67 bits per heavy atom. The van der Waals surface area contributed by atoms with Crippen LogP contribution >= 0.6 is 23.1 Å². The van der Waals surface area contributed by atoms with Crippen LogP contribution in [0, 0.1) is 0 Å². The Morgan fingerprint density at radius 1 is 1.22 bits per heavy atom. The van der Waals surface area contributed by atoms with Gasteiger partial charge in [0, 0.05) is 38.8 Å². The normalized spacial score (nSPS) is 18.1. The largest absolute Gasteiger partial charge is 0.372 e. The molecule has 0 atom stereocenters. The zero-order valence-corrected chi connectivity index (χ0v) is 17.3. The maximum Gasteiger partial charge on any atom is 0.248 e. The van der Waals surface area contributed by atoms with Crippen molar-refractivity contribution in [2.24, 2.45) is 0 Å². The predicted octanol–water partition coefficient (Wildman–Crippen LogP) is 1.37. The van der Waals surface area contributed by atoms with Gasteiger partial charge in [-0.1, -0.05) is 35.9 Å². The SMILES string of the molecule is CCOCC(=O)N1CCN(c2nnc(SCC(=O)NC3CCCC3)s2)CC1. The number of carbonyl (C=O) groups excluding carboxylic acids is 2. The summed E-state index contributed by atoms with van der Waals surface area (Å²) >= 11 is 2.94. The van der Waals surface area contributed by atoms with E-state index in [9.17, 15) is 9.59 Å². The first-order valence-electron chi connectivity index (χ1n) is 9.52. The van der Waals surface area contributed by atoms with E-state index in [4.69, 9.17) is 4.74 Å². The molecule has 10 heteroatoms. The summed E-state index contributed by atoms with van der Waals surface area (Å²) < 4.78 is 6.00. The number of hydrogen-bond donors (Lipinski definition) is 1. The topological polar surface area (TPSA) is 87.7 Å². The number of nitrogens with one attached hydrogen (secondary N) is 1. The highest BCUT2D eigenvalue weighted by Gasteiger charge is 2.23. The molecule has 8 nitrogen and oxygen atoms in total. The lowest BCUT2D eigenvalue weighted by molar-refractivity contribution is -0.136. The first-order chi connectivity index (χ1) is 13.2. The standard InChI is InChI=1S/C17H27N5O3S2/c1-2-25-11-15(24)21-7-9-22(10-8-21)16-19-20-17(27-16)26-12-14(23)18-13-5-3-4-6-13/h13H,2-12H2,1H3,(H,18,23). The van der Waals surface area contributed by atoms with E-state index in [1.807, 2.05) is 11.8 Å². The quantitative estimate of drug-likeness (QED) is 0.644. The van der Waals surface area contributed by atoms with Gasteiger partial charge in [-0.05, 0) is 19.8 Å². The van der Waals surface area contributed by atoms with E-state index in [2.05, 4.69) is 20.4 Å². The highest BCUT2D eigenvalue weighted by Crippen LogP contribution is 2.28. The number of rotatable bonds is 8. The summed E-state index contributed by atoms with van der Waals surface area (Å²) in [5.74, 6) is 0.494. The summed E-state index contributed by atoms with van der Waals surface area (Å²) in [6.07, 6.45) is 4.61. The van der Waals surface area contributed by atoms with E-state index < -0.39 is 0 Å². The Bertz CT molecular complexity index is 628. The molecule has 150 valence electrons. The Morgan fingerprint density at radius 2 is 1.96 bits per heavy atom. The van der Waals surface area contributed by atoms with Crippen LogP contribution in [0.5, 0.6) is 0 Å². The van der Waals surface area contributed by atoms with E-state index in [1.165, 1.54) is 35.9 Å². The lowest BCUT2D eigenvalue weighted by Crippen LogP contribution is -2.49. The van der Waals surface area contributed by atoms with Gasteiger partial charge in [0.25, 0.3) is 0 Å². The van der Waals surface area contributed by atoms with Crippen LogP contribution in [0.15, 0.2) is 4.34 Å². The molecule has 3 rings (SSSR count). The zero-order valence-electron chi connectivity index (χ0n) is 15.7. The van der Waals surface area contributed by atoms with Crippen molar-refractivity contribution in [3.8, 4) is 0 Å². The minimum absolute atomic E-state index is 0.0401. The van der Waals surface area contributed by atoms with Crippen molar-refractivity contribution < 1.29 is 14.3 Å². The second-order valence-electron chi connectivity index (χ2n) is 6.69. The molecule has 0 radical (unpaired) electrons. The fraction of sp³-hybridized carbons (Fsp3) is 0.765. The van der Waals surface area contributed by atoms with Gasteiger partial charge in [-0.3, -0.25) is 9.59 Å². The molecule has 1 saturated heterocycles. The molecule has 2 heterocycles. The van der Waals surface area contributed by atoms with Gasteiger partial charge in [-0.25, -0.2) is 0 Å². The summed E-state index contributed by atoms with van der Waals surface area (Å²) in [5, 5.41) is 12.4. The van der Waals surface area contributed by atoms with E-state index in [-0.39, 0.29) is 18.4 Å². The molecule has 2 fully saturated rings. The summed E-state index contributed by atoms with van der Waals surface area (Å²) in [7, 11) is 0. The molecular formula is C17H27N5O3S2. The molecule has 1 aliphatic carbocycles. The number of aromatic nitrogens is 2. The highest BCUT2D eigenvalue weighted by atomic mass is 32.2. The monoisotopic (exact) mass is 413 g/mol. The van der Waals surface area contributed by atoms with Gasteiger partial charge in [-0.2, -0.15) is 0 Å². The van der Waals surface area contributed by atoms with Gasteiger partial charge in [-0.15, -0.1) is 10.2 Å². The number of ether oxygens (including phenoxy) is 1. The maximum absolute atomic E-state index is 12.0. The second kappa shape index (κ2) is 10.2. The van der Waals surface area contributed by atoms with Gasteiger partial charge >= 0.3 is 0 Å². The number of hydrogen-bond acceptors (Lipinski definition) is 8. The van der Waals surface area contributed by atoms with E-state index >= 15 is 0 Å². The minimum Gasteiger partial charge on any atom is -0.372 e. The molecule has 27 heavy (non-hydrogen) atoms. The predicted molar refractivity (Wildman–Crippen MR) is 106 cm³/mol.